The first-order valence-electron chi connectivity index (χ1n) is 6.37. The van der Waals surface area contributed by atoms with Gasteiger partial charge in [0.2, 0.25) is 0 Å². The van der Waals surface area contributed by atoms with Gasteiger partial charge in [-0.05, 0) is 30.5 Å². The summed E-state index contributed by atoms with van der Waals surface area (Å²) in [6.07, 6.45) is 3.84. The molecule has 1 aliphatic rings. The summed E-state index contributed by atoms with van der Waals surface area (Å²) in [4.78, 5) is 0. The third-order valence-corrected chi connectivity index (χ3v) is 4.19. The molecule has 5 heteroatoms. The highest BCUT2D eigenvalue weighted by atomic mass is 79.9. The highest BCUT2D eigenvalue weighted by Crippen LogP contribution is 2.26. The van der Waals surface area contributed by atoms with Crippen LogP contribution in [0.4, 0.5) is 0 Å². The van der Waals surface area contributed by atoms with E-state index >= 15 is 0 Å². The first kappa shape index (κ1) is 14.3. The summed E-state index contributed by atoms with van der Waals surface area (Å²) in [7, 11) is 0. The number of hydrazine groups is 1. The number of nitrogens with one attached hydrogen (secondary N) is 1. The predicted octanol–water partition coefficient (Wildman–Crippen LogP) is 3.09. The van der Waals surface area contributed by atoms with Crippen LogP contribution in [0.5, 0.6) is 0 Å². The predicted molar refractivity (Wildman–Crippen MR) is 79.5 cm³/mol. The fourth-order valence-corrected chi connectivity index (χ4v) is 3.24. The molecule has 100 valence electrons. The molecular formula is C13H19BrClN3. The van der Waals surface area contributed by atoms with Crippen LogP contribution in [0.15, 0.2) is 22.7 Å². The summed E-state index contributed by atoms with van der Waals surface area (Å²) in [6, 6.07) is 5.98. The van der Waals surface area contributed by atoms with E-state index in [0.29, 0.717) is 6.54 Å². The highest BCUT2D eigenvalue weighted by Gasteiger charge is 2.17. The zero-order valence-corrected chi connectivity index (χ0v) is 12.7. The summed E-state index contributed by atoms with van der Waals surface area (Å²) < 4.78 is 1.01. The van der Waals surface area contributed by atoms with Gasteiger partial charge in [-0.25, -0.2) is 10.4 Å². The molecule has 1 heterocycles. The zero-order chi connectivity index (χ0) is 13.0. The minimum absolute atomic E-state index is 0.134. The molecule has 0 bridgehead atoms. The fraction of sp³-hybridized carbons (Fsp3) is 0.538. The van der Waals surface area contributed by atoms with Crippen LogP contribution in [-0.4, -0.2) is 24.6 Å². The zero-order valence-electron chi connectivity index (χ0n) is 10.3. The standard InChI is InChI=1S/C13H19BrClN3/c14-12-8-10(15)4-5-11(12)13(9-16)17-18-6-2-1-3-7-18/h4-5,8,13,17H,1-3,6-7,9,16H2. The molecule has 1 aromatic carbocycles. The van der Waals surface area contributed by atoms with Gasteiger partial charge >= 0.3 is 0 Å². The van der Waals surface area contributed by atoms with Gasteiger partial charge in [-0.1, -0.05) is 40.0 Å². The molecule has 3 nitrogen and oxygen atoms in total. The summed E-state index contributed by atoms with van der Waals surface area (Å²) in [6.45, 7) is 2.76. The Bertz CT molecular complexity index is 394. The Morgan fingerprint density at radius 3 is 2.67 bits per heavy atom. The fourth-order valence-electron chi connectivity index (χ4n) is 2.28. The van der Waals surface area contributed by atoms with E-state index in [4.69, 9.17) is 17.3 Å². The number of rotatable bonds is 4. The Morgan fingerprint density at radius 1 is 1.33 bits per heavy atom. The lowest BCUT2D eigenvalue weighted by molar-refractivity contribution is 0.130. The summed E-state index contributed by atoms with van der Waals surface area (Å²) in [5.74, 6) is 0. The number of hydrogen-bond donors (Lipinski definition) is 2. The monoisotopic (exact) mass is 331 g/mol. The molecule has 18 heavy (non-hydrogen) atoms. The van der Waals surface area contributed by atoms with Crippen molar-refractivity contribution in [3.8, 4) is 0 Å². The molecule has 1 aromatic rings. The number of hydrogen-bond acceptors (Lipinski definition) is 3. The van der Waals surface area contributed by atoms with Gasteiger partial charge in [-0.2, -0.15) is 0 Å². The Hall–Kier alpha value is -0.130. The Morgan fingerprint density at radius 2 is 2.06 bits per heavy atom. The molecule has 1 saturated heterocycles. The second kappa shape index (κ2) is 6.87. The normalized spacial score (nSPS) is 18.8. The van der Waals surface area contributed by atoms with Gasteiger partial charge < -0.3 is 5.73 Å². The Labute approximate surface area is 122 Å². The van der Waals surface area contributed by atoms with Crippen LogP contribution in [0.2, 0.25) is 5.02 Å². The van der Waals surface area contributed by atoms with E-state index in [9.17, 15) is 0 Å². The van der Waals surface area contributed by atoms with E-state index in [2.05, 4.69) is 26.4 Å². The van der Waals surface area contributed by atoms with Crippen LogP contribution in [0, 0.1) is 0 Å². The van der Waals surface area contributed by atoms with Crippen molar-refractivity contribution in [3.63, 3.8) is 0 Å². The van der Waals surface area contributed by atoms with Crippen molar-refractivity contribution >= 4 is 27.5 Å². The molecule has 2 rings (SSSR count). The van der Waals surface area contributed by atoms with E-state index in [1.54, 1.807) is 0 Å². The second-order valence-electron chi connectivity index (χ2n) is 4.63. The van der Waals surface area contributed by atoms with E-state index < -0.39 is 0 Å². The van der Waals surface area contributed by atoms with Crippen LogP contribution in [0.1, 0.15) is 30.9 Å². The number of halogens is 2. The molecule has 1 aliphatic heterocycles. The SMILES string of the molecule is NCC(NN1CCCCC1)c1ccc(Cl)cc1Br. The van der Waals surface area contributed by atoms with E-state index in [0.717, 1.165) is 28.1 Å². The number of benzene rings is 1. The number of nitrogens with two attached hydrogens (primary N) is 1. The number of nitrogens with zero attached hydrogens (tertiary/aromatic N) is 1. The van der Waals surface area contributed by atoms with Gasteiger partial charge in [0.1, 0.15) is 0 Å². The molecule has 0 amide bonds. The van der Waals surface area contributed by atoms with Gasteiger partial charge in [-0.15, -0.1) is 0 Å². The average molecular weight is 333 g/mol. The topological polar surface area (TPSA) is 41.3 Å². The molecule has 1 fully saturated rings. The number of piperidine rings is 1. The van der Waals surface area contributed by atoms with Gasteiger partial charge in [0.25, 0.3) is 0 Å². The Kier molecular flexibility index (Phi) is 5.45. The summed E-state index contributed by atoms with van der Waals surface area (Å²) in [5.41, 5.74) is 10.6. The minimum Gasteiger partial charge on any atom is -0.329 e. The average Bonchev–Trinajstić information content (AvgIpc) is 2.38. The van der Waals surface area contributed by atoms with Crippen molar-refractivity contribution in [2.24, 2.45) is 5.73 Å². The van der Waals surface area contributed by atoms with Crippen molar-refractivity contribution in [1.82, 2.24) is 10.4 Å². The smallest absolute Gasteiger partial charge is 0.0598 e. The van der Waals surface area contributed by atoms with Crippen LogP contribution >= 0.6 is 27.5 Å². The van der Waals surface area contributed by atoms with Crippen molar-refractivity contribution in [2.75, 3.05) is 19.6 Å². The molecule has 0 aliphatic carbocycles. The van der Waals surface area contributed by atoms with Gasteiger partial charge in [-0.3, -0.25) is 0 Å². The molecule has 0 saturated carbocycles. The largest absolute Gasteiger partial charge is 0.329 e. The molecule has 1 unspecified atom stereocenters. The van der Waals surface area contributed by atoms with Crippen LogP contribution in [0.3, 0.4) is 0 Å². The maximum absolute atomic E-state index is 5.96. The Balaban J connectivity index is 2.07. The van der Waals surface area contributed by atoms with E-state index in [1.807, 2.05) is 18.2 Å². The lowest BCUT2D eigenvalue weighted by atomic mass is 10.1. The van der Waals surface area contributed by atoms with Crippen molar-refractivity contribution < 1.29 is 0 Å². The third-order valence-electron chi connectivity index (χ3n) is 3.27. The summed E-state index contributed by atoms with van der Waals surface area (Å²) in [5, 5.41) is 3.02. The van der Waals surface area contributed by atoms with Crippen molar-refractivity contribution in [2.45, 2.75) is 25.3 Å². The highest BCUT2D eigenvalue weighted by molar-refractivity contribution is 9.10. The third kappa shape index (κ3) is 3.68. The summed E-state index contributed by atoms with van der Waals surface area (Å²) >= 11 is 9.52. The minimum atomic E-state index is 0.134. The molecule has 3 N–H and O–H groups in total. The molecule has 0 radical (unpaired) electrons. The molecule has 0 spiro atoms. The van der Waals surface area contributed by atoms with E-state index in [-0.39, 0.29) is 6.04 Å². The van der Waals surface area contributed by atoms with Crippen LogP contribution < -0.4 is 11.2 Å². The quantitative estimate of drug-likeness (QED) is 0.890. The second-order valence-corrected chi connectivity index (χ2v) is 5.92. The van der Waals surface area contributed by atoms with Crippen LogP contribution in [-0.2, 0) is 0 Å². The first-order chi connectivity index (χ1) is 8.70. The lowest BCUT2D eigenvalue weighted by Gasteiger charge is -2.31. The van der Waals surface area contributed by atoms with Crippen molar-refractivity contribution in [3.05, 3.63) is 33.3 Å². The molecule has 0 aromatic heterocycles. The maximum atomic E-state index is 5.96. The van der Waals surface area contributed by atoms with Gasteiger partial charge in [0, 0.05) is 29.1 Å². The van der Waals surface area contributed by atoms with Crippen molar-refractivity contribution in [1.29, 1.82) is 0 Å². The molecular weight excluding hydrogens is 314 g/mol. The van der Waals surface area contributed by atoms with Gasteiger partial charge in [0.15, 0.2) is 0 Å². The van der Waals surface area contributed by atoms with Gasteiger partial charge in [0.05, 0.1) is 6.04 Å². The van der Waals surface area contributed by atoms with Crippen LogP contribution in [0.25, 0.3) is 0 Å². The first-order valence-corrected chi connectivity index (χ1v) is 7.54. The molecule has 1 atom stereocenters. The van der Waals surface area contributed by atoms with E-state index in [1.165, 1.54) is 19.3 Å². The maximum Gasteiger partial charge on any atom is 0.0598 e. The lowest BCUT2D eigenvalue weighted by Crippen LogP contribution is -2.45.